The molecule has 2 amide bonds. The maximum Gasteiger partial charge on any atom is 0.244 e. The SMILES string of the molecule is CCCNC(=O)C1CCCN(C(=O)C2(S(C)(=O)=O)CCNCC2)C1. The van der Waals surface area contributed by atoms with E-state index in [0.717, 1.165) is 25.5 Å². The van der Waals surface area contributed by atoms with Crippen LogP contribution in [0, 0.1) is 5.92 Å². The maximum atomic E-state index is 13.1. The molecule has 2 aliphatic heterocycles. The molecule has 138 valence electrons. The topological polar surface area (TPSA) is 95.6 Å². The van der Waals surface area contributed by atoms with Crippen LogP contribution in [0.25, 0.3) is 0 Å². The van der Waals surface area contributed by atoms with Crippen molar-refractivity contribution in [3.05, 3.63) is 0 Å². The monoisotopic (exact) mass is 359 g/mol. The second kappa shape index (κ2) is 7.82. The molecule has 2 fully saturated rings. The van der Waals surface area contributed by atoms with E-state index < -0.39 is 14.6 Å². The standard InChI is InChI=1S/C16H29N3O4S/c1-3-8-18-14(20)13-5-4-11-19(12-13)15(21)16(24(2,22)23)6-9-17-10-7-16/h13,17H,3-12H2,1-2H3,(H,18,20). The lowest BCUT2D eigenvalue weighted by atomic mass is 9.91. The van der Waals surface area contributed by atoms with Crippen LogP contribution in [0.3, 0.4) is 0 Å². The Hall–Kier alpha value is -1.15. The summed E-state index contributed by atoms with van der Waals surface area (Å²) in [6, 6.07) is 0. The number of nitrogens with zero attached hydrogens (tertiary/aromatic N) is 1. The number of hydrogen-bond donors (Lipinski definition) is 2. The van der Waals surface area contributed by atoms with Gasteiger partial charge in [-0.15, -0.1) is 0 Å². The van der Waals surface area contributed by atoms with Crippen LogP contribution in [0.4, 0.5) is 0 Å². The highest BCUT2D eigenvalue weighted by Gasteiger charge is 2.51. The molecule has 2 aliphatic rings. The van der Waals surface area contributed by atoms with E-state index in [1.165, 1.54) is 0 Å². The minimum atomic E-state index is -3.52. The molecule has 7 nitrogen and oxygen atoms in total. The fraction of sp³-hybridized carbons (Fsp3) is 0.875. The van der Waals surface area contributed by atoms with Gasteiger partial charge in [-0.2, -0.15) is 0 Å². The van der Waals surface area contributed by atoms with Crippen LogP contribution in [-0.2, 0) is 19.4 Å². The highest BCUT2D eigenvalue weighted by atomic mass is 32.2. The summed E-state index contributed by atoms with van der Waals surface area (Å²) < 4.78 is 23.5. The Kier molecular flexibility index (Phi) is 6.25. The molecule has 24 heavy (non-hydrogen) atoms. The number of likely N-dealkylation sites (tertiary alicyclic amines) is 1. The van der Waals surface area contributed by atoms with Gasteiger partial charge in [0.15, 0.2) is 14.6 Å². The van der Waals surface area contributed by atoms with Gasteiger partial charge in [-0.1, -0.05) is 6.92 Å². The van der Waals surface area contributed by atoms with Crippen LogP contribution in [-0.4, -0.2) is 68.9 Å². The number of piperidine rings is 2. The van der Waals surface area contributed by atoms with E-state index >= 15 is 0 Å². The van der Waals surface area contributed by atoms with Crippen molar-refractivity contribution in [2.75, 3.05) is 39.0 Å². The summed E-state index contributed by atoms with van der Waals surface area (Å²) in [5.41, 5.74) is 0. The predicted molar refractivity (Wildman–Crippen MR) is 92.3 cm³/mol. The van der Waals surface area contributed by atoms with Gasteiger partial charge in [0.1, 0.15) is 0 Å². The van der Waals surface area contributed by atoms with Gasteiger partial charge in [-0.3, -0.25) is 9.59 Å². The van der Waals surface area contributed by atoms with Crippen LogP contribution in [0.15, 0.2) is 0 Å². The van der Waals surface area contributed by atoms with E-state index in [0.29, 0.717) is 45.6 Å². The molecular weight excluding hydrogens is 330 g/mol. The van der Waals surface area contributed by atoms with E-state index in [9.17, 15) is 18.0 Å². The van der Waals surface area contributed by atoms with Crippen LogP contribution in [0.1, 0.15) is 39.0 Å². The molecule has 2 rings (SSSR count). The van der Waals surface area contributed by atoms with Crippen molar-refractivity contribution < 1.29 is 18.0 Å². The Balaban J connectivity index is 2.13. The average Bonchev–Trinajstić information content (AvgIpc) is 2.58. The normalized spacial score (nSPS) is 24.4. The number of sulfone groups is 1. The lowest BCUT2D eigenvalue weighted by Gasteiger charge is -2.41. The predicted octanol–water partition coefficient (Wildman–Crippen LogP) is -0.0820. The Labute approximate surface area is 144 Å². The first-order chi connectivity index (χ1) is 11.3. The van der Waals surface area contributed by atoms with Gasteiger partial charge in [-0.05, 0) is 45.2 Å². The Morgan fingerprint density at radius 3 is 2.54 bits per heavy atom. The van der Waals surface area contributed by atoms with E-state index in [1.54, 1.807) is 4.90 Å². The van der Waals surface area contributed by atoms with E-state index in [4.69, 9.17) is 0 Å². The molecule has 8 heteroatoms. The number of amides is 2. The lowest BCUT2D eigenvalue weighted by molar-refractivity contribution is -0.138. The molecular formula is C16H29N3O4S. The second-order valence-electron chi connectivity index (χ2n) is 6.90. The number of nitrogens with one attached hydrogen (secondary N) is 2. The van der Waals surface area contributed by atoms with Crippen LogP contribution in [0.5, 0.6) is 0 Å². The molecule has 0 saturated carbocycles. The highest BCUT2D eigenvalue weighted by Crippen LogP contribution is 2.32. The number of carbonyl (C=O) groups is 2. The number of carbonyl (C=O) groups excluding carboxylic acids is 2. The minimum Gasteiger partial charge on any atom is -0.356 e. The van der Waals surface area contributed by atoms with Crippen molar-refractivity contribution in [3.63, 3.8) is 0 Å². The van der Waals surface area contributed by atoms with E-state index in [-0.39, 0.29) is 17.7 Å². The zero-order valence-electron chi connectivity index (χ0n) is 14.6. The third-order valence-corrected chi connectivity index (χ3v) is 7.14. The smallest absolute Gasteiger partial charge is 0.244 e. The summed E-state index contributed by atoms with van der Waals surface area (Å²) in [6.45, 7) is 4.51. The first-order valence-corrected chi connectivity index (χ1v) is 10.7. The highest BCUT2D eigenvalue weighted by molar-refractivity contribution is 7.92. The molecule has 0 aromatic heterocycles. The molecule has 1 unspecified atom stereocenters. The van der Waals surface area contributed by atoms with Crippen LogP contribution < -0.4 is 10.6 Å². The second-order valence-corrected chi connectivity index (χ2v) is 9.22. The Bertz CT molecular complexity index is 570. The van der Waals surface area contributed by atoms with Gasteiger partial charge in [0, 0.05) is 25.9 Å². The average molecular weight is 359 g/mol. The fourth-order valence-electron chi connectivity index (χ4n) is 3.63. The van der Waals surface area contributed by atoms with Crippen molar-refractivity contribution in [1.82, 2.24) is 15.5 Å². The fourth-order valence-corrected chi connectivity index (χ4v) is 5.02. The summed E-state index contributed by atoms with van der Waals surface area (Å²) in [5, 5.41) is 6.00. The molecule has 0 aromatic carbocycles. The van der Waals surface area contributed by atoms with Crippen LogP contribution in [0.2, 0.25) is 0 Å². The molecule has 1 atom stereocenters. The van der Waals surface area contributed by atoms with Crippen molar-refractivity contribution in [2.45, 2.75) is 43.8 Å². The molecule has 2 saturated heterocycles. The number of hydrogen-bond acceptors (Lipinski definition) is 5. The molecule has 2 heterocycles. The first kappa shape index (κ1) is 19.2. The summed E-state index contributed by atoms with van der Waals surface area (Å²) in [6.07, 6.45) is 4.10. The minimum absolute atomic E-state index is 0.0342. The van der Waals surface area contributed by atoms with Gasteiger partial charge in [0.25, 0.3) is 0 Å². The van der Waals surface area contributed by atoms with Gasteiger partial charge in [0.05, 0.1) is 5.92 Å². The Morgan fingerprint density at radius 2 is 1.96 bits per heavy atom. The molecule has 0 bridgehead atoms. The van der Waals surface area contributed by atoms with Crippen molar-refractivity contribution in [1.29, 1.82) is 0 Å². The van der Waals surface area contributed by atoms with Gasteiger partial charge < -0.3 is 15.5 Å². The summed E-state index contributed by atoms with van der Waals surface area (Å²) in [7, 11) is -3.52. The Morgan fingerprint density at radius 1 is 1.29 bits per heavy atom. The molecule has 0 radical (unpaired) electrons. The van der Waals surface area contributed by atoms with Crippen LogP contribution >= 0.6 is 0 Å². The van der Waals surface area contributed by atoms with E-state index in [1.807, 2.05) is 6.92 Å². The van der Waals surface area contributed by atoms with E-state index in [2.05, 4.69) is 10.6 Å². The first-order valence-electron chi connectivity index (χ1n) is 8.79. The third-order valence-electron chi connectivity index (χ3n) is 5.14. The molecule has 0 spiro atoms. The van der Waals surface area contributed by atoms with Gasteiger partial charge in [-0.25, -0.2) is 8.42 Å². The third kappa shape index (κ3) is 3.91. The summed E-state index contributed by atoms with van der Waals surface area (Å²) in [4.78, 5) is 26.9. The quantitative estimate of drug-likeness (QED) is 0.716. The van der Waals surface area contributed by atoms with Gasteiger partial charge in [0.2, 0.25) is 11.8 Å². The molecule has 2 N–H and O–H groups in total. The van der Waals surface area contributed by atoms with Gasteiger partial charge >= 0.3 is 0 Å². The zero-order chi connectivity index (χ0) is 17.8. The largest absolute Gasteiger partial charge is 0.356 e. The number of rotatable bonds is 5. The molecule has 0 aromatic rings. The van der Waals surface area contributed by atoms with Crippen molar-refractivity contribution in [3.8, 4) is 0 Å². The van der Waals surface area contributed by atoms with Crippen molar-refractivity contribution in [2.24, 2.45) is 5.92 Å². The maximum absolute atomic E-state index is 13.1. The lowest BCUT2D eigenvalue weighted by Crippen LogP contribution is -2.60. The summed E-state index contributed by atoms with van der Waals surface area (Å²) >= 11 is 0. The summed E-state index contributed by atoms with van der Waals surface area (Å²) in [5.74, 6) is -0.597. The molecule has 0 aliphatic carbocycles. The van der Waals surface area contributed by atoms with Crippen molar-refractivity contribution >= 4 is 21.7 Å². The zero-order valence-corrected chi connectivity index (χ0v) is 15.5.